The van der Waals surface area contributed by atoms with Gasteiger partial charge in [0.25, 0.3) is 0 Å². The van der Waals surface area contributed by atoms with Gasteiger partial charge in [-0.15, -0.1) is 0 Å². The van der Waals surface area contributed by atoms with Crippen molar-refractivity contribution in [1.82, 2.24) is 8.80 Å². The Labute approximate surface area is 537 Å². The van der Waals surface area contributed by atoms with Crippen LogP contribution in [0.2, 0.25) is 0 Å². The number of aromatic nitrogens is 2. The van der Waals surface area contributed by atoms with E-state index in [0.29, 0.717) is 23.7 Å². The SMILES string of the molecule is Cc1cc(-c2ccccc2)cc(-c2cc3c4cc5cc(C(C)C)ccc5cc4n4c5cc6ccc(C(C)CCC(C)c7ccc8cc9c(cc8c7)c7cc(-c8cc(-c%10ccccc%10)ccc8C)cc8c%10cc%11cc(C(C)C)ccc%11cc%10n9c87)cc6cc5c(c2)c34)c1. The van der Waals surface area contributed by atoms with Gasteiger partial charge >= 0.3 is 0 Å². The number of rotatable bonds is 11. The fourth-order valence-electron chi connectivity index (χ4n) is 16.1. The standard InChI is InChI=1S/C90H72N2/c1-51(2)59-23-27-64-47-85-77(39-70(64)33-59)81-43-74(69-32-53(5)31-68(37-69)58-17-13-10-14-18-58)44-82-78-41-72-35-61(25-29-66(72)49-86(78)91(85)89(81)82)54(6)19-20-55(7)62-26-30-67-50-88-80(42-73(67)36-62)84-46-75(76-38-63(22-21-56(76)8)57-15-11-9-12-16-57)45-83-79-40-71-34-60(52(3)4)24-28-65(71)48-87(79)92(88)90(83)84/h9-18,21-52,54-55H,19-20H2,1-8H3. The van der Waals surface area contributed by atoms with Gasteiger partial charge in [-0.25, -0.2) is 0 Å². The highest BCUT2D eigenvalue weighted by Gasteiger charge is 2.25. The van der Waals surface area contributed by atoms with E-state index in [4.69, 9.17) is 0 Å². The number of hydrogen-bond acceptors (Lipinski definition) is 0. The van der Waals surface area contributed by atoms with Crippen LogP contribution in [0.5, 0.6) is 0 Å². The molecule has 0 N–H and O–H groups in total. The van der Waals surface area contributed by atoms with Crippen molar-refractivity contribution in [2.45, 2.75) is 91.9 Å². The molecule has 18 rings (SSSR count). The van der Waals surface area contributed by atoms with Gasteiger partial charge in [-0.05, 0) is 256 Å². The summed E-state index contributed by atoms with van der Waals surface area (Å²) >= 11 is 0. The zero-order valence-corrected chi connectivity index (χ0v) is 53.7. The van der Waals surface area contributed by atoms with Gasteiger partial charge in [0, 0.05) is 43.1 Å². The van der Waals surface area contributed by atoms with Crippen molar-refractivity contribution in [2.24, 2.45) is 0 Å². The van der Waals surface area contributed by atoms with E-state index in [1.807, 2.05) is 0 Å². The highest BCUT2D eigenvalue weighted by molar-refractivity contribution is 6.29. The van der Waals surface area contributed by atoms with Gasteiger partial charge in [-0.2, -0.15) is 0 Å². The molecule has 0 saturated carbocycles. The molecule has 0 amide bonds. The topological polar surface area (TPSA) is 8.82 Å². The smallest absolute Gasteiger partial charge is 0.0620 e. The van der Waals surface area contributed by atoms with Crippen LogP contribution in [-0.4, -0.2) is 8.80 Å². The Morgan fingerprint density at radius 1 is 0.261 bits per heavy atom. The molecule has 0 aliphatic heterocycles. The largest absolute Gasteiger partial charge is 0.308 e. The molecule has 0 radical (unpaired) electrons. The Bertz CT molecular complexity index is 6050. The lowest BCUT2D eigenvalue weighted by molar-refractivity contribution is 0.574. The van der Waals surface area contributed by atoms with E-state index >= 15 is 0 Å². The second kappa shape index (κ2) is 20.6. The molecule has 2 atom stereocenters. The lowest BCUT2D eigenvalue weighted by Gasteiger charge is -2.18. The summed E-state index contributed by atoms with van der Waals surface area (Å²) in [5.74, 6) is 1.71. The van der Waals surface area contributed by atoms with Crippen molar-refractivity contribution in [2.75, 3.05) is 0 Å². The number of aryl methyl sites for hydroxylation is 2. The maximum absolute atomic E-state index is 2.58. The molecule has 2 unspecified atom stereocenters. The normalized spacial score (nSPS) is 13.2. The Kier molecular flexibility index (Phi) is 12.2. The molecule has 4 heterocycles. The molecule has 0 spiro atoms. The van der Waals surface area contributed by atoms with Crippen molar-refractivity contribution in [3.05, 3.63) is 276 Å². The summed E-state index contributed by atoms with van der Waals surface area (Å²) in [5.41, 5.74) is 25.8. The minimum absolute atomic E-state index is 0.391. The first-order valence-corrected chi connectivity index (χ1v) is 33.4. The van der Waals surface area contributed by atoms with Crippen LogP contribution < -0.4 is 0 Å². The highest BCUT2D eigenvalue weighted by Crippen LogP contribution is 2.48. The summed E-state index contributed by atoms with van der Waals surface area (Å²) in [4.78, 5) is 0. The van der Waals surface area contributed by atoms with E-state index in [1.54, 1.807) is 0 Å². The predicted molar refractivity (Wildman–Crippen MR) is 398 cm³/mol. The molecule has 0 fully saturated rings. The first kappa shape index (κ1) is 54.6. The third-order valence-electron chi connectivity index (χ3n) is 21.4. The number of nitrogens with zero attached hydrogens (tertiary/aromatic N) is 2. The Hall–Kier alpha value is -10.3. The van der Waals surface area contributed by atoms with Crippen LogP contribution >= 0.6 is 0 Å². The van der Waals surface area contributed by atoms with Crippen LogP contribution in [0.4, 0.5) is 0 Å². The third-order valence-corrected chi connectivity index (χ3v) is 21.4. The molecule has 0 bridgehead atoms. The van der Waals surface area contributed by atoms with E-state index in [0.717, 1.165) is 12.8 Å². The zero-order chi connectivity index (χ0) is 61.9. The second-order valence-corrected chi connectivity index (χ2v) is 28.0. The molecule has 4 aromatic heterocycles. The van der Waals surface area contributed by atoms with Crippen LogP contribution in [0.15, 0.2) is 243 Å². The molecule has 0 aliphatic carbocycles. The quantitative estimate of drug-likeness (QED) is 0.122. The van der Waals surface area contributed by atoms with Crippen LogP contribution in [0.3, 0.4) is 0 Å². The number of fused-ring (bicyclic) bond motifs is 16. The minimum Gasteiger partial charge on any atom is -0.308 e. The van der Waals surface area contributed by atoms with E-state index in [1.165, 1.54) is 197 Å². The van der Waals surface area contributed by atoms with Gasteiger partial charge in [0.05, 0.1) is 33.1 Å². The maximum Gasteiger partial charge on any atom is 0.0620 e. The van der Waals surface area contributed by atoms with Crippen molar-refractivity contribution >= 4 is 119 Å². The highest BCUT2D eigenvalue weighted by atomic mass is 14.9. The molecule has 14 aromatic carbocycles. The summed E-state index contributed by atoms with van der Waals surface area (Å²) in [7, 11) is 0. The zero-order valence-electron chi connectivity index (χ0n) is 53.7. The molecule has 18 aromatic rings. The van der Waals surface area contributed by atoms with Gasteiger partial charge in [0.2, 0.25) is 0 Å². The fraction of sp³-hybridized carbons (Fsp3) is 0.156. The summed E-state index contributed by atoms with van der Waals surface area (Å²) in [6.07, 6.45) is 2.19. The predicted octanol–water partition coefficient (Wildman–Crippen LogP) is 25.8. The van der Waals surface area contributed by atoms with Crippen molar-refractivity contribution in [3.8, 4) is 44.5 Å². The molecule has 0 aliphatic rings. The monoisotopic (exact) mass is 1180 g/mol. The Morgan fingerprint density at radius 3 is 1.03 bits per heavy atom. The lowest BCUT2D eigenvalue weighted by atomic mass is 9.87. The van der Waals surface area contributed by atoms with Gasteiger partial charge < -0.3 is 8.80 Å². The van der Waals surface area contributed by atoms with Crippen molar-refractivity contribution in [1.29, 1.82) is 0 Å². The molecule has 2 nitrogen and oxygen atoms in total. The summed E-state index contributed by atoms with van der Waals surface area (Å²) < 4.78 is 5.15. The van der Waals surface area contributed by atoms with E-state index in [-0.39, 0.29) is 0 Å². The van der Waals surface area contributed by atoms with Crippen LogP contribution in [0.25, 0.3) is 164 Å². The van der Waals surface area contributed by atoms with E-state index in [9.17, 15) is 0 Å². The van der Waals surface area contributed by atoms with Gasteiger partial charge in [-0.3, -0.25) is 0 Å². The fourth-order valence-corrected chi connectivity index (χ4v) is 16.1. The lowest BCUT2D eigenvalue weighted by Crippen LogP contribution is -1.99. The van der Waals surface area contributed by atoms with Crippen molar-refractivity contribution < 1.29 is 0 Å². The van der Waals surface area contributed by atoms with Crippen LogP contribution in [-0.2, 0) is 0 Å². The molecule has 2 heteroatoms. The molecular formula is C90H72N2. The Morgan fingerprint density at radius 2 is 0.620 bits per heavy atom. The molecule has 0 saturated heterocycles. The van der Waals surface area contributed by atoms with Gasteiger partial charge in [0.15, 0.2) is 0 Å². The van der Waals surface area contributed by atoms with Crippen LogP contribution in [0, 0.1) is 13.8 Å². The molecular weight excluding hydrogens is 1110 g/mol. The average Bonchev–Trinajstić information content (AvgIpc) is 1.54. The number of hydrogen-bond donors (Lipinski definition) is 0. The molecule has 92 heavy (non-hydrogen) atoms. The first-order valence-electron chi connectivity index (χ1n) is 33.4. The first-order chi connectivity index (χ1) is 44.8. The van der Waals surface area contributed by atoms with E-state index in [2.05, 4.69) is 307 Å². The number of benzene rings is 14. The van der Waals surface area contributed by atoms with Crippen molar-refractivity contribution in [3.63, 3.8) is 0 Å². The summed E-state index contributed by atoms with van der Waals surface area (Å²) in [6, 6.07) is 94.1. The van der Waals surface area contributed by atoms with Gasteiger partial charge in [0.1, 0.15) is 0 Å². The summed E-state index contributed by atoms with van der Waals surface area (Å²) in [5, 5.41) is 20.8. The minimum atomic E-state index is 0.391. The Balaban J connectivity index is 0.703. The maximum atomic E-state index is 2.58. The van der Waals surface area contributed by atoms with E-state index < -0.39 is 0 Å². The average molecular weight is 1180 g/mol. The molecule has 442 valence electrons. The second-order valence-electron chi connectivity index (χ2n) is 28.0. The van der Waals surface area contributed by atoms with Crippen LogP contribution in [0.1, 0.15) is 111 Å². The summed E-state index contributed by atoms with van der Waals surface area (Å²) in [6.45, 7) is 18.5. The van der Waals surface area contributed by atoms with Gasteiger partial charge in [-0.1, -0.05) is 199 Å². The third kappa shape index (κ3) is 8.60.